The summed E-state index contributed by atoms with van der Waals surface area (Å²) in [5.41, 5.74) is 0.720. The van der Waals surface area contributed by atoms with E-state index in [1.807, 2.05) is 13.0 Å². The number of ether oxygens (including phenoxy) is 2. The van der Waals surface area contributed by atoms with Crippen molar-refractivity contribution >= 4 is 17.6 Å². The predicted molar refractivity (Wildman–Crippen MR) is 79.2 cm³/mol. The average molecular weight is 302 g/mol. The zero-order chi connectivity index (χ0) is 16.1. The lowest BCUT2D eigenvalue weighted by Gasteiger charge is -2.17. The van der Waals surface area contributed by atoms with E-state index in [0.29, 0.717) is 6.61 Å². The van der Waals surface area contributed by atoms with Crippen LogP contribution in [0, 0.1) is 17.2 Å². The lowest BCUT2D eigenvalue weighted by Crippen LogP contribution is -2.27. The Morgan fingerprint density at radius 2 is 2.14 bits per heavy atom. The van der Waals surface area contributed by atoms with E-state index in [0.717, 1.165) is 11.4 Å². The Morgan fingerprint density at radius 1 is 1.45 bits per heavy atom. The minimum Gasteiger partial charge on any atom is -0.494 e. The van der Waals surface area contributed by atoms with Gasteiger partial charge < -0.3 is 14.4 Å². The van der Waals surface area contributed by atoms with Crippen LogP contribution >= 0.6 is 0 Å². The highest BCUT2D eigenvalue weighted by atomic mass is 16.5. The molecule has 1 aliphatic rings. The number of esters is 1. The molecule has 0 radical (unpaired) electrons. The van der Waals surface area contributed by atoms with Crippen molar-refractivity contribution < 1.29 is 19.1 Å². The highest BCUT2D eigenvalue weighted by Gasteiger charge is 2.36. The number of amides is 1. The number of benzene rings is 1. The molecule has 116 valence electrons. The molecule has 1 fully saturated rings. The number of hydrogen-bond donors (Lipinski definition) is 0. The molecule has 0 bridgehead atoms. The summed E-state index contributed by atoms with van der Waals surface area (Å²) < 4.78 is 10.3. The summed E-state index contributed by atoms with van der Waals surface area (Å²) in [4.78, 5) is 25.5. The van der Waals surface area contributed by atoms with Gasteiger partial charge in [0.1, 0.15) is 11.8 Å². The van der Waals surface area contributed by atoms with Gasteiger partial charge in [-0.25, -0.2) is 0 Å². The maximum absolute atomic E-state index is 12.1. The second-order valence-electron chi connectivity index (χ2n) is 5.04. The van der Waals surface area contributed by atoms with Gasteiger partial charge in [-0.15, -0.1) is 0 Å². The molecule has 6 nitrogen and oxygen atoms in total. The van der Waals surface area contributed by atoms with Gasteiger partial charge >= 0.3 is 5.97 Å². The van der Waals surface area contributed by atoms with Gasteiger partial charge in [-0.05, 0) is 38.1 Å². The molecular formula is C16H18N2O4. The highest BCUT2D eigenvalue weighted by molar-refractivity contribution is 5.99. The molecule has 2 rings (SSSR count). The molecule has 2 atom stereocenters. The van der Waals surface area contributed by atoms with E-state index < -0.39 is 18.0 Å². The van der Waals surface area contributed by atoms with Crippen LogP contribution in [0.4, 0.5) is 5.69 Å². The first-order chi connectivity index (χ1) is 10.5. The van der Waals surface area contributed by atoms with Gasteiger partial charge in [0.05, 0.1) is 12.5 Å². The van der Waals surface area contributed by atoms with E-state index >= 15 is 0 Å². The Morgan fingerprint density at radius 3 is 2.73 bits per heavy atom. The molecule has 1 amide bonds. The van der Waals surface area contributed by atoms with Crippen molar-refractivity contribution in [1.29, 1.82) is 5.26 Å². The van der Waals surface area contributed by atoms with Gasteiger partial charge in [0, 0.05) is 18.7 Å². The number of nitrogens with zero attached hydrogens (tertiary/aromatic N) is 2. The largest absolute Gasteiger partial charge is 0.494 e. The first-order valence-corrected chi connectivity index (χ1v) is 7.18. The highest BCUT2D eigenvalue weighted by Crippen LogP contribution is 2.27. The van der Waals surface area contributed by atoms with Crippen LogP contribution in [0.1, 0.15) is 20.3 Å². The SMILES string of the molecule is CCOc1ccc(N2C[C@H](C(=O)O[C@@H](C)C#N)CC2=O)cc1. The Kier molecular flexibility index (Phi) is 4.99. The van der Waals surface area contributed by atoms with Crippen molar-refractivity contribution in [1.82, 2.24) is 0 Å². The zero-order valence-corrected chi connectivity index (χ0v) is 12.6. The van der Waals surface area contributed by atoms with E-state index in [1.54, 1.807) is 29.2 Å². The van der Waals surface area contributed by atoms with Crippen molar-refractivity contribution in [3.8, 4) is 11.8 Å². The summed E-state index contributed by atoms with van der Waals surface area (Å²) in [5, 5.41) is 8.66. The molecule has 1 aromatic rings. The Labute approximate surface area is 129 Å². The molecule has 1 aliphatic heterocycles. The summed E-state index contributed by atoms with van der Waals surface area (Å²) in [6.07, 6.45) is -0.702. The van der Waals surface area contributed by atoms with E-state index in [-0.39, 0.29) is 18.9 Å². The molecule has 0 saturated carbocycles. The molecule has 6 heteroatoms. The minimum atomic E-state index is -0.804. The number of rotatable bonds is 5. The quantitative estimate of drug-likeness (QED) is 0.776. The first-order valence-electron chi connectivity index (χ1n) is 7.18. The summed E-state index contributed by atoms with van der Waals surface area (Å²) in [6.45, 7) is 4.24. The van der Waals surface area contributed by atoms with Gasteiger partial charge in [-0.2, -0.15) is 5.26 Å². The fourth-order valence-corrected chi connectivity index (χ4v) is 2.30. The third-order valence-corrected chi connectivity index (χ3v) is 3.39. The standard InChI is InChI=1S/C16H18N2O4/c1-3-21-14-6-4-13(5-7-14)18-10-12(8-15(18)19)16(20)22-11(2)9-17/h4-7,11-12H,3,8,10H2,1-2H3/t11-,12+/m0/s1. The van der Waals surface area contributed by atoms with Crippen LogP contribution < -0.4 is 9.64 Å². The second kappa shape index (κ2) is 6.94. The number of carbonyl (C=O) groups is 2. The van der Waals surface area contributed by atoms with Crippen LogP contribution in [0.3, 0.4) is 0 Å². The molecular weight excluding hydrogens is 284 g/mol. The lowest BCUT2D eigenvalue weighted by atomic mass is 10.1. The molecule has 0 aliphatic carbocycles. The third kappa shape index (κ3) is 3.55. The van der Waals surface area contributed by atoms with Gasteiger partial charge in [-0.1, -0.05) is 0 Å². The Balaban J connectivity index is 2.03. The van der Waals surface area contributed by atoms with Crippen LogP contribution in [0.25, 0.3) is 0 Å². The molecule has 0 unspecified atom stereocenters. The maximum atomic E-state index is 12.1. The van der Waals surface area contributed by atoms with E-state index in [2.05, 4.69) is 0 Å². The predicted octanol–water partition coefficient (Wildman–Crippen LogP) is 1.89. The molecule has 1 heterocycles. The fourth-order valence-electron chi connectivity index (χ4n) is 2.30. The Bertz CT molecular complexity index is 591. The maximum Gasteiger partial charge on any atom is 0.312 e. The zero-order valence-electron chi connectivity index (χ0n) is 12.6. The van der Waals surface area contributed by atoms with Gasteiger partial charge in [0.15, 0.2) is 6.10 Å². The van der Waals surface area contributed by atoms with Crippen molar-refractivity contribution in [3.05, 3.63) is 24.3 Å². The Hall–Kier alpha value is -2.55. The van der Waals surface area contributed by atoms with Crippen molar-refractivity contribution in [3.63, 3.8) is 0 Å². The summed E-state index contributed by atoms with van der Waals surface area (Å²) >= 11 is 0. The molecule has 22 heavy (non-hydrogen) atoms. The van der Waals surface area contributed by atoms with Crippen LogP contribution in [0.2, 0.25) is 0 Å². The number of hydrogen-bond acceptors (Lipinski definition) is 5. The average Bonchev–Trinajstić information content (AvgIpc) is 2.90. The van der Waals surface area contributed by atoms with Gasteiger partial charge in [0.2, 0.25) is 5.91 Å². The van der Waals surface area contributed by atoms with Crippen molar-refractivity contribution in [2.24, 2.45) is 5.92 Å². The van der Waals surface area contributed by atoms with Crippen molar-refractivity contribution in [2.45, 2.75) is 26.4 Å². The summed E-state index contributed by atoms with van der Waals surface area (Å²) in [7, 11) is 0. The third-order valence-electron chi connectivity index (χ3n) is 3.39. The fraction of sp³-hybridized carbons (Fsp3) is 0.438. The van der Waals surface area contributed by atoms with Crippen LogP contribution in [-0.2, 0) is 14.3 Å². The summed E-state index contributed by atoms with van der Waals surface area (Å²) in [6, 6.07) is 8.98. The van der Waals surface area contributed by atoms with E-state index in [9.17, 15) is 9.59 Å². The minimum absolute atomic E-state index is 0.101. The monoisotopic (exact) mass is 302 g/mol. The van der Waals surface area contributed by atoms with Gasteiger partial charge in [0.25, 0.3) is 0 Å². The van der Waals surface area contributed by atoms with Crippen LogP contribution in [-0.4, -0.2) is 31.1 Å². The topological polar surface area (TPSA) is 79.6 Å². The van der Waals surface area contributed by atoms with E-state index in [4.69, 9.17) is 14.7 Å². The molecule has 1 aromatic carbocycles. The smallest absolute Gasteiger partial charge is 0.312 e. The number of nitriles is 1. The molecule has 0 spiro atoms. The van der Waals surface area contributed by atoms with Crippen LogP contribution in [0.5, 0.6) is 5.75 Å². The first kappa shape index (κ1) is 15.8. The molecule has 1 saturated heterocycles. The summed E-state index contributed by atoms with van der Waals surface area (Å²) in [5.74, 6) is -0.432. The second-order valence-corrected chi connectivity index (χ2v) is 5.04. The lowest BCUT2D eigenvalue weighted by molar-refractivity contribution is -0.150. The van der Waals surface area contributed by atoms with Crippen LogP contribution in [0.15, 0.2) is 24.3 Å². The van der Waals surface area contributed by atoms with Crippen molar-refractivity contribution in [2.75, 3.05) is 18.1 Å². The number of anilines is 1. The molecule has 0 aromatic heterocycles. The number of carbonyl (C=O) groups excluding carboxylic acids is 2. The molecule has 0 N–H and O–H groups in total. The normalized spacial score (nSPS) is 18.7. The van der Waals surface area contributed by atoms with E-state index in [1.165, 1.54) is 6.92 Å². The van der Waals surface area contributed by atoms with Gasteiger partial charge in [-0.3, -0.25) is 9.59 Å².